The first-order valence-corrected chi connectivity index (χ1v) is 7.35. The Morgan fingerprint density at radius 1 is 1.50 bits per heavy atom. The van der Waals surface area contributed by atoms with E-state index in [1.54, 1.807) is 0 Å². The lowest BCUT2D eigenvalue weighted by atomic mass is 10.0. The first-order chi connectivity index (χ1) is 9.76. The van der Waals surface area contributed by atoms with Gasteiger partial charge in [0.2, 0.25) is 0 Å². The highest BCUT2D eigenvalue weighted by Gasteiger charge is 2.22. The number of fused-ring (bicyclic) bond motifs is 1. The van der Waals surface area contributed by atoms with Crippen molar-refractivity contribution in [2.24, 2.45) is 0 Å². The molecule has 0 saturated carbocycles. The van der Waals surface area contributed by atoms with Crippen LogP contribution >= 0.6 is 0 Å². The lowest BCUT2D eigenvalue weighted by molar-refractivity contribution is 0.334. The standard InChI is InChI=1S/C15H21N5/c1-3-14-18-15-7-6-13(10-20(15)19-14)17-11(2)12-5-4-8-16-9-12/h4-5,8-9,11,13,17H,3,6-7,10H2,1-2H3. The fourth-order valence-corrected chi connectivity index (χ4v) is 2.73. The molecule has 0 spiro atoms. The van der Waals surface area contributed by atoms with Crippen LogP contribution in [0.1, 0.15) is 43.5 Å². The molecule has 0 saturated heterocycles. The van der Waals surface area contributed by atoms with Crippen molar-refractivity contribution in [3.8, 4) is 0 Å². The monoisotopic (exact) mass is 271 g/mol. The summed E-state index contributed by atoms with van der Waals surface area (Å²) < 4.78 is 2.07. The molecule has 1 aliphatic heterocycles. The van der Waals surface area contributed by atoms with Crippen LogP contribution in [0, 0.1) is 0 Å². The van der Waals surface area contributed by atoms with Crippen molar-refractivity contribution in [2.75, 3.05) is 0 Å². The van der Waals surface area contributed by atoms with E-state index in [1.807, 2.05) is 18.5 Å². The van der Waals surface area contributed by atoms with E-state index in [9.17, 15) is 0 Å². The van der Waals surface area contributed by atoms with Crippen LogP contribution in [0.2, 0.25) is 0 Å². The van der Waals surface area contributed by atoms with Gasteiger partial charge in [-0.25, -0.2) is 9.67 Å². The van der Waals surface area contributed by atoms with E-state index in [1.165, 1.54) is 5.56 Å². The van der Waals surface area contributed by atoms with E-state index in [2.05, 4.69) is 45.0 Å². The topological polar surface area (TPSA) is 55.6 Å². The lowest BCUT2D eigenvalue weighted by Gasteiger charge is -2.27. The van der Waals surface area contributed by atoms with Crippen molar-refractivity contribution < 1.29 is 0 Å². The Labute approximate surface area is 119 Å². The van der Waals surface area contributed by atoms with E-state index in [4.69, 9.17) is 0 Å². The highest BCUT2D eigenvalue weighted by Crippen LogP contribution is 2.17. The summed E-state index contributed by atoms with van der Waals surface area (Å²) in [6, 6.07) is 4.86. The molecule has 106 valence electrons. The molecule has 2 unspecified atom stereocenters. The summed E-state index contributed by atoms with van der Waals surface area (Å²) in [4.78, 5) is 8.74. The Balaban J connectivity index is 1.65. The molecule has 0 aromatic carbocycles. The van der Waals surface area contributed by atoms with Crippen molar-refractivity contribution >= 4 is 0 Å². The van der Waals surface area contributed by atoms with Crippen molar-refractivity contribution in [2.45, 2.75) is 51.7 Å². The average molecular weight is 271 g/mol. The fourth-order valence-electron chi connectivity index (χ4n) is 2.73. The summed E-state index contributed by atoms with van der Waals surface area (Å²) in [5.74, 6) is 2.09. The summed E-state index contributed by atoms with van der Waals surface area (Å²) in [5.41, 5.74) is 1.23. The van der Waals surface area contributed by atoms with Gasteiger partial charge in [0.05, 0.1) is 6.54 Å². The average Bonchev–Trinajstić information content (AvgIpc) is 2.90. The zero-order valence-corrected chi connectivity index (χ0v) is 12.1. The highest BCUT2D eigenvalue weighted by atomic mass is 15.4. The predicted octanol–water partition coefficient (Wildman–Crippen LogP) is 1.90. The molecule has 3 rings (SSSR count). The van der Waals surface area contributed by atoms with Crippen molar-refractivity contribution in [3.05, 3.63) is 41.7 Å². The molecule has 20 heavy (non-hydrogen) atoms. The van der Waals surface area contributed by atoms with E-state index in [0.717, 1.165) is 37.5 Å². The van der Waals surface area contributed by atoms with E-state index in [0.29, 0.717) is 12.1 Å². The predicted molar refractivity (Wildman–Crippen MR) is 77.3 cm³/mol. The SMILES string of the molecule is CCc1nc2n(n1)CC(NC(C)c1cccnc1)CC2. The van der Waals surface area contributed by atoms with Gasteiger partial charge in [0, 0.05) is 37.3 Å². The summed E-state index contributed by atoms with van der Waals surface area (Å²) in [7, 11) is 0. The van der Waals surface area contributed by atoms with Crippen LogP contribution in [0.25, 0.3) is 0 Å². The van der Waals surface area contributed by atoms with Gasteiger partial charge >= 0.3 is 0 Å². The smallest absolute Gasteiger partial charge is 0.150 e. The highest BCUT2D eigenvalue weighted by molar-refractivity contribution is 5.13. The maximum Gasteiger partial charge on any atom is 0.150 e. The third kappa shape index (κ3) is 2.72. The molecule has 2 aromatic rings. The summed E-state index contributed by atoms with van der Waals surface area (Å²) in [6.45, 7) is 5.19. The molecule has 2 atom stereocenters. The van der Waals surface area contributed by atoms with Crippen LogP contribution < -0.4 is 5.32 Å². The first kappa shape index (κ1) is 13.2. The van der Waals surface area contributed by atoms with Gasteiger partial charge in [-0.3, -0.25) is 4.98 Å². The van der Waals surface area contributed by atoms with Crippen molar-refractivity contribution in [3.63, 3.8) is 0 Å². The Morgan fingerprint density at radius 2 is 2.40 bits per heavy atom. The van der Waals surface area contributed by atoms with E-state index >= 15 is 0 Å². The van der Waals surface area contributed by atoms with Crippen LogP contribution in [0.15, 0.2) is 24.5 Å². The number of aryl methyl sites for hydroxylation is 2. The van der Waals surface area contributed by atoms with Gasteiger partial charge in [0.1, 0.15) is 5.82 Å². The molecular formula is C15H21N5. The number of hydrogen-bond acceptors (Lipinski definition) is 4. The minimum absolute atomic E-state index is 0.310. The number of aromatic nitrogens is 4. The number of hydrogen-bond donors (Lipinski definition) is 1. The molecular weight excluding hydrogens is 250 g/mol. The molecule has 0 amide bonds. The third-order valence-corrected chi connectivity index (χ3v) is 3.89. The van der Waals surface area contributed by atoms with Crippen LogP contribution in [0.5, 0.6) is 0 Å². The zero-order chi connectivity index (χ0) is 13.9. The normalized spacial score (nSPS) is 19.6. The maximum absolute atomic E-state index is 4.56. The molecule has 0 fully saturated rings. The van der Waals surface area contributed by atoms with Crippen molar-refractivity contribution in [1.29, 1.82) is 0 Å². The second-order valence-electron chi connectivity index (χ2n) is 5.39. The number of nitrogens with one attached hydrogen (secondary N) is 1. The minimum atomic E-state index is 0.310. The Morgan fingerprint density at radius 3 is 3.15 bits per heavy atom. The summed E-state index contributed by atoms with van der Waals surface area (Å²) in [6.07, 6.45) is 6.77. The Kier molecular flexibility index (Phi) is 3.78. The quantitative estimate of drug-likeness (QED) is 0.923. The Hall–Kier alpha value is -1.75. The number of nitrogens with zero attached hydrogens (tertiary/aromatic N) is 4. The molecule has 2 aromatic heterocycles. The van der Waals surface area contributed by atoms with Crippen LogP contribution in [0.3, 0.4) is 0 Å². The second-order valence-corrected chi connectivity index (χ2v) is 5.39. The fraction of sp³-hybridized carbons (Fsp3) is 0.533. The van der Waals surface area contributed by atoms with Gasteiger partial charge < -0.3 is 5.32 Å². The largest absolute Gasteiger partial charge is 0.306 e. The Bertz CT molecular complexity index is 563. The maximum atomic E-state index is 4.56. The third-order valence-electron chi connectivity index (χ3n) is 3.89. The molecule has 0 aliphatic carbocycles. The van der Waals surface area contributed by atoms with Gasteiger partial charge in [-0.05, 0) is 25.0 Å². The van der Waals surface area contributed by atoms with Crippen LogP contribution in [-0.2, 0) is 19.4 Å². The van der Waals surface area contributed by atoms with Crippen LogP contribution in [0.4, 0.5) is 0 Å². The molecule has 5 nitrogen and oxygen atoms in total. The minimum Gasteiger partial charge on any atom is -0.306 e. The number of pyridine rings is 1. The molecule has 0 bridgehead atoms. The van der Waals surface area contributed by atoms with E-state index < -0.39 is 0 Å². The number of rotatable bonds is 4. The lowest BCUT2D eigenvalue weighted by Crippen LogP contribution is -2.39. The summed E-state index contributed by atoms with van der Waals surface area (Å²) >= 11 is 0. The van der Waals surface area contributed by atoms with E-state index in [-0.39, 0.29) is 0 Å². The molecule has 1 N–H and O–H groups in total. The molecule has 5 heteroatoms. The molecule has 3 heterocycles. The second kappa shape index (κ2) is 5.71. The van der Waals surface area contributed by atoms with Gasteiger partial charge in [0.15, 0.2) is 5.82 Å². The van der Waals surface area contributed by atoms with Crippen molar-refractivity contribution in [1.82, 2.24) is 25.1 Å². The zero-order valence-electron chi connectivity index (χ0n) is 12.1. The van der Waals surface area contributed by atoms with Crippen LogP contribution in [-0.4, -0.2) is 25.8 Å². The molecule has 0 radical (unpaired) electrons. The van der Waals surface area contributed by atoms with Gasteiger partial charge in [0.25, 0.3) is 0 Å². The van der Waals surface area contributed by atoms with Gasteiger partial charge in [-0.15, -0.1) is 0 Å². The van der Waals surface area contributed by atoms with Gasteiger partial charge in [-0.1, -0.05) is 13.0 Å². The molecule has 1 aliphatic rings. The summed E-state index contributed by atoms with van der Waals surface area (Å²) in [5, 5.41) is 8.23. The first-order valence-electron chi connectivity index (χ1n) is 7.35. The van der Waals surface area contributed by atoms with Gasteiger partial charge in [-0.2, -0.15) is 5.10 Å².